The first-order valence-electron chi connectivity index (χ1n) is 11.5. The van der Waals surface area contributed by atoms with Gasteiger partial charge in [-0.25, -0.2) is 9.48 Å². The number of methoxy groups -OCH3 is 1. The van der Waals surface area contributed by atoms with Gasteiger partial charge in [0.15, 0.2) is 6.10 Å². The molecule has 3 atom stereocenters. The van der Waals surface area contributed by atoms with E-state index in [9.17, 15) is 14.4 Å². The Morgan fingerprint density at radius 2 is 1.73 bits per heavy atom. The van der Waals surface area contributed by atoms with Crippen LogP contribution in [0.25, 0.3) is 0 Å². The zero-order chi connectivity index (χ0) is 25.9. The SMILES string of the molecule is CO[C@H]1S[C@H]2[C@@H](NC(=O)Cn3cnnn3)C(=O)N2C(C(=O)OC(c2ccccc2)c2ccccc2)=C1C. The minimum atomic E-state index is -0.832. The molecule has 0 bridgehead atoms. The number of fused-ring (bicyclic) bond motifs is 1. The van der Waals surface area contributed by atoms with Crippen molar-refractivity contribution < 1.29 is 23.9 Å². The third kappa shape index (κ3) is 4.85. The fourth-order valence-electron chi connectivity index (χ4n) is 4.36. The number of amides is 2. The van der Waals surface area contributed by atoms with Gasteiger partial charge in [-0.1, -0.05) is 72.4 Å². The molecule has 0 saturated carbocycles. The third-order valence-corrected chi connectivity index (χ3v) is 7.68. The number of tetrazole rings is 1. The van der Waals surface area contributed by atoms with Crippen LogP contribution in [0.15, 0.2) is 78.3 Å². The number of β-lactam (4-membered cyclic amide) rings is 1. The van der Waals surface area contributed by atoms with Crippen LogP contribution in [0, 0.1) is 0 Å². The second kappa shape index (κ2) is 10.5. The number of nitrogens with one attached hydrogen (secondary N) is 1. The summed E-state index contributed by atoms with van der Waals surface area (Å²) >= 11 is 1.34. The lowest BCUT2D eigenvalue weighted by Crippen LogP contribution is -2.71. The first kappa shape index (κ1) is 24.7. The van der Waals surface area contributed by atoms with Crippen molar-refractivity contribution in [3.8, 4) is 0 Å². The van der Waals surface area contributed by atoms with E-state index < -0.39 is 40.7 Å². The van der Waals surface area contributed by atoms with Gasteiger partial charge < -0.3 is 14.8 Å². The number of aromatic nitrogens is 4. The van der Waals surface area contributed by atoms with E-state index in [0.717, 1.165) is 11.1 Å². The fourth-order valence-corrected chi connectivity index (χ4v) is 5.71. The van der Waals surface area contributed by atoms with E-state index in [4.69, 9.17) is 9.47 Å². The number of carbonyl (C=O) groups excluding carboxylic acids is 3. The van der Waals surface area contributed by atoms with Gasteiger partial charge >= 0.3 is 5.97 Å². The highest BCUT2D eigenvalue weighted by atomic mass is 32.2. The number of thioether (sulfide) groups is 1. The summed E-state index contributed by atoms with van der Waals surface area (Å²) in [6.07, 6.45) is 0.633. The summed E-state index contributed by atoms with van der Waals surface area (Å²) in [6, 6.07) is 18.0. The molecule has 1 aromatic heterocycles. The van der Waals surface area contributed by atoms with Gasteiger partial charge in [-0.3, -0.25) is 14.5 Å². The monoisotopic (exact) mass is 520 g/mol. The molecule has 2 aromatic carbocycles. The molecule has 0 radical (unpaired) electrons. The Morgan fingerprint density at radius 3 is 2.30 bits per heavy atom. The molecule has 2 aliphatic rings. The van der Waals surface area contributed by atoms with E-state index >= 15 is 0 Å². The predicted octanol–water partition coefficient (Wildman–Crippen LogP) is 1.65. The van der Waals surface area contributed by atoms with Gasteiger partial charge in [0.2, 0.25) is 5.91 Å². The van der Waals surface area contributed by atoms with Crippen LogP contribution in [0.4, 0.5) is 0 Å². The normalized spacial score (nSPS) is 20.9. The van der Waals surface area contributed by atoms with E-state index in [-0.39, 0.29) is 12.2 Å². The number of ether oxygens (including phenoxy) is 2. The number of esters is 1. The minimum absolute atomic E-state index is 0.128. The van der Waals surface area contributed by atoms with Gasteiger partial charge in [0, 0.05) is 7.11 Å². The van der Waals surface area contributed by atoms with Crippen LogP contribution in [-0.2, 0) is 30.4 Å². The van der Waals surface area contributed by atoms with Crippen LogP contribution in [0.2, 0.25) is 0 Å². The summed E-state index contributed by atoms with van der Waals surface area (Å²) in [5.41, 5.74) is 1.80. The molecule has 0 unspecified atom stereocenters. The largest absolute Gasteiger partial charge is 0.448 e. The lowest BCUT2D eigenvalue weighted by Gasteiger charge is -2.51. The van der Waals surface area contributed by atoms with Gasteiger partial charge in [0.25, 0.3) is 5.91 Å². The van der Waals surface area contributed by atoms with Gasteiger partial charge in [0.1, 0.15) is 35.4 Å². The van der Waals surface area contributed by atoms with Crippen molar-refractivity contribution in [2.75, 3.05) is 7.11 Å². The van der Waals surface area contributed by atoms with Crippen LogP contribution in [0.3, 0.4) is 0 Å². The number of benzene rings is 2. The molecule has 3 aromatic rings. The Balaban J connectivity index is 1.39. The molecule has 1 N–H and O–H groups in total. The molecule has 2 amide bonds. The molecule has 0 spiro atoms. The lowest BCUT2D eigenvalue weighted by atomic mass is 10.0. The Labute approximate surface area is 216 Å². The number of hydrogen-bond donors (Lipinski definition) is 1. The molecule has 37 heavy (non-hydrogen) atoms. The van der Waals surface area contributed by atoms with E-state index in [0.29, 0.717) is 5.57 Å². The third-order valence-electron chi connectivity index (χ3n) is 6.12. The highest BCUT2D eigenvalue weighted by molar-refractivity contribution is 8.00. The number of carbonyl (C=O) groups is 3. The first-order valence-corrected chi connectivity index (χ1v) is 12.5. The fraction of sp³-hybridized carbons (Fsp3) is 0.280. The highest BCUT2D eigenvalue weighted by Crippen LogP contribution is 2.45. The summed E-state index contributed by atoms with van der Waals surface area (Å²) in [4.78, 5) is 40.7. The molecule has 5 rings (SSSR count). The Morgan fingerprint density at radius 1 is 1.08 bits per heavy atom. The average molecular weight is 521 g/mol. The number of rotatable bonds is 8. The number of hydrogen-bond acceptors (Lipinski definition) is 9. The Kier molecular flexibility index (Phi) is 7.01. The Hall–Kier alpha value is -4.03. The van der Waals surface area contributed by atoms with Gasteiger partial charge in [0.05, 0.1) is 0 Å². The van der Waals surface area contributed by atoms with Gasteiger partial charge in [-0.05, 0) is 34.1 Å². The standard InChI is InChI=1S/C25H24N6O5S/c1-15-20(24(34)36-21(16-9-5-3-6-10-16)17-11-7-4-8-12-17)31-22(33)19(23(31)37-25(15)35-2)27-18(32)13-30-14-26-28-29-30/h3-12,14,19,21,23,25H,13H2,1-2H3,(H,27,32)/t19-,23-,25-/m0/s1. The highest BCUT2D eigenvalue weighted by Gasteiger charge is 2.56. The molecule has 2 aliphatic heterocycles. The van der Waals surface area contributed by atoms with E-state index in [1.165, 1.54) is 34.8 Å². The van der Waals surface area contributed by atoms with Crippen LogP contribution in [-0.4, -0.2) is 66.9 Å². The van der Waals surface area contributed by atoms with Gasteiger partial charge in [-0.15, -0.1) is 5.10 Å². The van der Waals surface area contributed by atoms with E-state index in [1.54, 1.807) is 6.92 Å². The van der Waals surface area contributed by atoms with Crippen molar-refractivity contribution in [3.05, 3.63) is 89.4 Å². The average Bonchev–Trinajstić information content (AvgIpc) is 3.44. The molecular weight excluding hydrogens is 496 g/mol. The molecular formula is C25H24N6O5S. The van der Waals surface area contributed by atoms with Crippen LogP contribution < -0.4 is 5.32 Å². The molecule has 1 fully saturated rings. The predicted molar refractivity (Wildman–Crippen MR) is 132 cm³/mol. The first-order chi connectivity index (χ1) is 18.0. The summed E-state index contributed by atoms with van der Waals surface area (Å²) in [5.74, 6) is -1.47. The van der Waals surface area contributed by atoms with E-state index in [2.05, 4.69) is 20.8 Å². The smallest absolute Gasteiger partial charge is 0.356 e. The maximum Gasteiger partial charge on any atom is 0.356 e. The second-order valence-corrected chi connectivity index (χ2v) is 9.68. The summed E-state index contributed by atoms with van der Waals surface area (Å²) < 4.78 is 12.9. The molecule has 12 heteroatoms. The zero-order valence-electron chi connectivity index (χ0n) is 20.1. The van der Waals surface area contributed by atoms with Crippen molar-refractivity contribution >= 4 is 29.5 Å². The maximum atomic E-state index is 13.7. The topological polar surface area (TPSA) is 129 Å². The van der Waals surface area contributed by atoms with Crippen LogP contribution in [0.5, 0.6) is 0 Å². The quantitative estimate of drug-likeness (QED) is 0.348. The molecule has 190 valence electrons. The lowest BCUT2D eigenvalue weighted by molar-refractivity contribution is -0.155. The van der Waals surface area contributed by atoms with Crippen molar-refractivity contribution in [1.82, 2.24) is 30.4 Å². The molecule has 11 nitrogen and oxygen atoms in total. The number of nitrogens with zero attached hydrogens (tertiary/aromatic N) is 5. The maximum absolute atomic E-state index is 13.7. The zero-order valence-corrected chi connectivity index (χ0v) is 20.9. The summed E-state index contributed by atoms with van der Waals surface area (Å²) in [6.45, 7) is 1.60. The van der Waals surface area contributed by atoms with Crippen molar-refractivity contribution in [1.29, 1.82) is 0 Å². The summed E-state index contributed by atoms with van der Waals surface area (Å²) in [5, 5.41) is 12.8. The van der Waals surface area contributed by atoms with Crippen molar-refractivity contribution in [2.45, 2.75) is 36.4 Å². The molecule has 3 heterocycles. The summed E-state index contributed by atoms with van der Waals surface area (Å²) in [7, 11) is 1.53. The van der Waals surface area contributed by atoms with Crippen LogP contribution >= 0.6 is 11.8 Å². The molecule has 1 saturated heterocycles. The van der Waals surface area contributed by atoms with Crippen molar-refractivity contribution in [2.24, 2.45) is 0 Å². The van der Waals surface area contributed by atoms with Crippen LogP contribution in [0.1, 0.15) is 24.2 Å². The van der Waals surface area contributed by atoms with Crippen molar-refractivity contribution in [3.63, 3.8) is 0 Å². The van der Waals surface area contributed by atoms with Gasteiger partial charge in [-0.2, -0.15) is 0 Å². The Bertz CT molecular complexity index is 1280. The van der Waals surface area contributed by atoms with E-state index in [1.807, 2.05) is 60.7 Å². The molecule has 0 aliphatic carbocycles. The second-order valence-electron chi connectivity index (χ2n) is 8.49. The minimum Gasteiger partial charge on any atom is -0.448 e.